The second-order valence-corrected chi connectivity index (χ2v) is 4.84. The molecule has 0 spiro atoms. The molecule has 0 saturated heterocycles. The van der Waals surface area contributed by atoms with Crippen molar-refractivity contribution in [1.82, 2.24) is 4.90 Å². The Balaban J connectivity index is 2.81. The van der Waals surface area contributed by atoms with Gasteiger partial charge in [0.05, 0.1) is 25.6 Å². The van der Waals surface area contributed by atoms with Gasteiger partial charge in [-0.25, -0.2) is 0 Å². The summed E-state index contributed by atoms with van der Waals surface area (Å²) in [5.41, 5.74) is 7.73. The fourth-order valence-electron chi connectivity index (χ4n) is 1.96. The smallest absolute Gasteiger partial charge is 0.162 e. The van der Waals surface area contributed by atoms with Crippen molar-refractivity contribution in [3.05, 3.63) is 12.1 Å². The third kappa shape index (κ3) is 4.21. The van der Waals surface area contributed by atoms with Gasteiger partial charge in [0, 0.05) is 25.7 Å². The van der Waals surface area contributed by atoms with Crippen LogP contribution >= 0.6 is 0 Å². The van der Waals surface area contributed by atoms with Crippen molar-refractivity contribution in [1.29, 1.82) is 0 Å². The Morgan fingerprint density at radius 1 is 1.00 bits per heavy atom. The molecule has 0 heterocycles. The highest BCUT2D eigenvalue weighted by Gasteiger charge is 2.12. The van der Waals surface area contributed by atoms with Crippen LogP contribution < -0.4 is 20.1 Å². The van der Waals surface area contributed by atoms with Gasteiger partial charge in [-0.1, -0.05) is 0 Å². The quantitative estimate of drug-likeness (QED) is 0.762. The normalized spacial score (nSPS) is 10.6. The van der Waals surface area contributed by atoms with E-state index >= 15 is 0 Å². The van der Waals surface area contributed by atoms with E-state index in [1.807, 2.05) is 13.1 Å². The molecule has 0 aliphatic rings. The van der Waals surface area contributed by atoms with Crippen LogP contribution in [-0.4, -0.2) is 53.4 Å². The van der Waals surface area contributed by atoms with Crippen molar-refractivity contribution in [2.75, 3.05) is 59.1 Å². The van der Waals surface area contributed by atoms with Crippen molar-refractivity contribution < 1.29 is 9.47 Å². The summed E-state index contributed by atoms with van der Waals surface area (Å²) in [6.07, 6.45) is 1.08. The highest BCUT2D eigenvalue weighted by Crippen LogP contribution is 2.36. The zero-order valence-corrected chi connectivity index (χ0v) is 12.6. The Morgan fingerprint density at radius 2 is 1.58 bits per heavy atom. The fourth-order valence-corrected chi connectivity index (χ4v) is 1.96. The van der Waals surface area contributed by atoms with E-state index in [0.29, 0.717) is 17.2 Å². The van der Waals surface area contributed by atoms with Gasteiger partial charge in [0.2, 0.25) is 0 Å². The number of nitrogens with two attached hydrogens (primary N) is 1. The zero-order chi connectivity index (χ0) is 14.4. The van der Waals surface area contributed by atoms with Gasteiger partial charge < -0.3 is 25.0 Å². The van der Waals surface area contributed by atoms with Crippen LogP contribution in [0.25, 0.3) is 0 Å². The number of hydrogen-bond acceptors (Lipinski definition) is 5. The molecule has 108 valence electrons. The van der Waals surface area contributed by atoms with Gasteiger partial charge in [-0.2, -0.15) is 0 Å². The van der Waals surface area contributed by atoms with Crippen molar-refractivity contribution in [3.8, 4) is 11.5 Å². The lowest BCUT2D eigenvalue weighted by atomic mass is 10.2. The SMILES string of the molecule is COc1cc(N)c(N(C)CCCN(C)C)cc1OC. The summed E-state index contributed by atoms with van der Waals surface area (Å²) in [4.78, 5) is 4.31. The molecule has 0 bridgehead atoms. The Labute approximate surface area is 115 Å². The van der Waals surface area contributed by atoms with Crippen molar-refractivity contribution in [2.24, 2.45) is 0 Å². The largest absolute Gasteiger partial charge is 0.493 e. The zero-order valence-electron chi connectivity index (χ0n) is 12.6. The maximum Gasteiger partial charge on any atom is 0.162 e. The number of ether oxygens (including phenoxy) is 2. The van der Waals surface area contributed by atoms with Crippen LogP contribution in [0.1, 0.15) is 6.42 Å². The first kappa shape index (κ1) is 15.4. The van der Waals surface area contributed by atoms with Crippen LogP contribution in [0.15, 0.2) is 12.1 Å². The number of nitrogen functional groups attached to an aromatic ring is 1. The van der Waals surface area contributed by atoms with E-state index in [1.54, 1.807) is 20.3 Å². The number of methoxy groups -OCH3 is 2. The lowest BCUT2D eigenvalue weighted by Gasteiger charge is -2.23. The first-order valence-electron chi connectivity index (χ1n) is 6.37. The number of nitrogens with zero attached hydrogens (tertiary/aromatic N) is 2. The average Bonchev–Trinajstić information content (AvgIpc) is 2.37. The third-order valence-corrected chi connectivity index (χ3v) is 3.04. The van der Waals surface area contributed by atoms with Crippen molar-refractivity contribution in [3.63, 3.8) is 0 Å². The Bertz CT molecular complexity index is 408. The van der Waals surface area contributed by atoms with Crippen LogP contribution in [0.5, 0.6) is 11.5 Å². The molecule has 1 aromatic carbocycles. The second-order valence-electron chi connectivity index (χ2n) is 4.84. The number of anilines is 2. The molecule has 0 radical (unpaired) electrons. The molecule has 5 heteroatoms. The van der Waals surface area contributed by atoms with Crippen LogP contribution in [0.4, 0.5) is 11.4 Å². The van der Waals surface area contributed by atoms with E-state index in [-0.39, 0.29) is 0 Å². The summed E-state index contributed by atoms with van der Waals surface area (Å²) in [7, 11) is 9.42. The first-order valence-corrected chi connectivity index (χ1v) is 6.37. The van der Waals surface area contributed by atoms with Crippen LogP contribution in [0, 0.1) is 0 Å². The van der Waals surface area contributed by atoms with Gasteiger partial charge in [0.15, 0.2) is 11.5 Å². The molecule has 1 aromatic rings. The van der Waals surface area contributed by atoms with Gasteiger partial charge in [-0.05, 0) is 27.1 Å². The van der Waals surface area contributed by atoms with Crippen LogP contribution in [0.3, 0.4) is 0 Å². The molecule has 19 heavy (non-hydrogen) atoms. The Hall–Kier alpha value is -1.62. The van der Waals surface area contributed by atoms with Gasteiger partial charge in [0.1, 0.15) is 0 Å². The monoisotopic (exact) mass is 267 g/mol. The molecule has 0 aliphatic heterocycles. The molecule has 2 N–H and O–H groups in total. The van der Waals surface area contributed by atoms with E-state index in [4.69, 9.17) is 15.2 Å². The Morgan fingerprint density at radius 3 is 2.11 bits per heavy atom. The summed E-state index contributed by atoms with van der Waals surface area (Å²) in [5.74, 6) is 1.36. The molecule has 0 amide bonds. The molecule has 0 unspecified atom stereocenters. The van der Waals surface area contributed by atoms with Gasteiger partial charge >= 0.3 is 0 Å². The van der Waals surface area contributed by atoms with Gasteiger partial charge in [0.25, 0.3) is 0 Å². The highest BCUT2D eigenvalue weighted by atomic mass is 16.5. The topological polar surface area (TPSA) is 51.0 Å². The number of rotatable bonds is 7. The summed E-state index contributed by atoms with van der Waals surface area (Å²) < 4.78 is 10.5. The number of benzene rings is 1. The average molecular weight is 267 g/mol. The minimum absolute atomic E-state index is 0.658. The molecule has 5 nitrogen and oxygen atoms in total. The molecule has 0 aliphatic carbocycles. The molecule has 0 atom stereocenters. The summed E-state index contributed by atoms with van der Waals surface area (Å²) >= 11 is 0. The van der Waals surface area contributed by atoms with E-state index in [9.17, 15) is 0 Å². The van der Waals surface area contributed by atoms with Crippen molar-refractivity contribution >= 4 is 11.4 Å². The predicted molar refractivity (Wildman–Crippen MR) is 80.4 cm³/mol. The Kier molecular flexibility index (Phi) is 5.76. The van der Waals surface area contributed by atoms with Crippen molar-refractivity contribution in [2.45, 2.75) is 6.42 Å². The predicted octanol–water partition coefficient (Wildman–Crippen LogP) is 1.67. The molecule has 1 rings (SSSR count). The minimum Gasteiger partial charge on any atom is -0.493 e. The summed E-state index contributed by atoms with van der Waals surface area (Å²) in [5, 5.41) is 0. The minimum atomic E-state index is 0.658. The van der Waals surface area contributed by atoms with Crippen LogP contribution in [-0.2, 0) is 0 Å². The summed E-state index contributed by atoms with van der Waals surface area (Å²) in [6.45, 7) is 2.00. The lowest BCUT2D eigenvalue weighted by Crippen LogP contribution is -2.24. The molecular weight excluding hydrogens is 242 g/mol. The van der Waals surface area contributed by atoms with E-state index in [0.717, 1.165) is 25.2 Å². The van der Waals surface area contributed by atoms with E-state index < -0.39 is 0 Å². The van der Waals surface area contributed by atoms with E-state index in [1.165, 1.54) is 0 Å². The lowest BCUT2D eigenvalue weighted by molar-refractivity contribution is 0.355. The third-order valence-electron chi connectivity index (χ3n) is 3.04. The van der Waals surface area contributed by atoms with Gasteiger partial charge in [-0.15, -0.1) is 0 Å². The standard InChI is InChI=1S/C14H25N3O2/c1-16(2)7-6-8-17(3)12-10-14(19-5)13(18-4)9-11(12)15/h9-10H,6-8,15H2,1-5H3. The molecule has 0 fully saturated rings. The second kappa shape index (κ2) is 7.09. The maximum atomic E-state index is 6.07. The van der Waals surface area contributed by atoms with Crippen LogP contribution in [0.2, 0.25) is 0 Å². The number of hydrogen-bond donors (Lipinski definition) is 1. The summed E-state index contributed by atoms with van der Waals surface area (Å²) in [6, 6.07) is 3.72. The molecule has 0 saturated carbocycles. The fraction of sp³-hybridized carbons (Fsp3) is 0.571. The van der Waals surface area contributed by atoms with Gasteiger partial charge in [-0.3, -0.25) is 0 Å². The maximum absolute atomic E-state index is 6.07. The first-order chi connectivity index (χ1) is 8.99. The molecular formula is C14H25N3O2. The van der Waals surface area contributed by atoms with E-state index in [2.05, 4.69) is 23.9 Å². The highest BCUT2D eigenvalue weighted by molar-refractivity contribution is 5.72. The molecule has 0 aromatic heterocycles.